The molecule has 1 aliphatic carbocycles. The Morgan fingerprint density at radius 1 is 1.19 bits per heavy atom. The van der Waals surface area contributed by atoms with Crippen LogP contribution in [0.5, 0.6) is 0 Å². The fraction of sp³-hybridized carbons (Fsp3) is 0.235. The van der Waals surface area contributed by atoms with Gasteiger partial charge in [0.15, 0.2) is 0 Å². The van der Waals surface area contributed by atoms with Crippen molar-refractivity contribution in [2.24, 2.45) is 5.92 Å². The molecule has 2 aromatic carbocycles. The topological polar surface area (TPSA) is 29.1 Å². The summed E-state index contributed by atoms with van der Waals surface area (Å²) in [6.07, 6.45) is 2.69. The van der Waals surface area contributed by atoms with Crippen molar-refractivity contribution in [3.63, 3.8) is 0 Å². The summed E-state index contributed by atoms with van der Waals surface area (Å²) >= 11 is 9.33. The molecular weight excluding hydrogens is 350 g/mol. The van der Waals surface area contributed by atoms with Crippen LogP contribution < -0.4 is 5.32 Å². The number of carbonyl (C=O) groups excluding carboxylic acids is 1. The van der Waals surface area contributed by atoms with Crippen molar-refractivity contribution in [3.05, 3.63) is 63.1 Å². The molecule has 0 fully saturated rings. The molecule has 4 heteroatoms. The van der Waals surface area contributed by atoms with E-state index in [0.29, 0.717) is 5.02 Å². The number of hydrogen-bond donors (Lipinski definition) is 1. The third-order valence-corrected chi connectivity index (χ3v) is 5.12. The number of fused-ring (bicyclic) bond motifs is 1. The molecule has 0 spiro atoms. The first-order valence-corrected chi connectivity index (χ1v) is 8.13. The second-order valence-corrected chi connectivity index (χ2v) is 6.59. The summed E-state index contributed by atoms with van der Waals surface area (Å²) in [5.41, 5.74) is 3.44. The normalized spacial score (nSPS) is 17.1. The van der Waals surface area contributed by atoms with Crippen LogP contribution in [0.4, 0.5) is 5.69 Å². The van der Waals surface area contributed by atoms with Gasteiger partial charge < -0.3 is 5.32 Å². The molecule has 21 heavy (non-hydrogen) atoms. The number of anilines is 1. The maximum atomic E-state index is 12.4. The van der Waals surface area contributed by atoms with Crippen molar-refractivity contribution in [1.29, 1.82) is 0 Å². The molecule has 0 aliphatic heterocycles. The molecule has 0 aromatic heterocycles. The van der Waals surface area contributed by atoms with Gasteiger partial charge in [0, 0.05) is 16.1 Å². The molecule has 108 valence electrons. The monoisotopic (exact) mass is 363 g/mol. The van der Waals surface area contributed by atoms with Crippen molar-refractivity contribution < 1.29 is 4.79 Å². The van der Waals surface area contributed by atoms with Crippen LogP contribution in [0.25, 0.3) is 0 Å². The first kappa shape index (κ1) is 14.6. The van der Waals surface area contributed by atoms with E-state index in [9.17, 15) is 4.79 Å². The van der Waals surface area contributed by atoms with E-state index in [4.69, 9.17) is 11.6 Å². The Labute approximate surface area is 137 Å². The number of hydrogen-bond acceptors (Lipinski definition) is 1. The van der Waals surface area contributed by atoms with Gasteiger partial charge in [0.1, 0.15) is 0 Å². The lowest BCUT2D eigenvalue weighted by Gasteiger charge is -2.23. The van der Waals surface area contributed by atoms with E-state index in [1.165, 1.54) is 11.1 Å². The minimum absolute atomic E-state index is 0.0364. The summed E-state index contributed by atoms with van der Waals surface area (Å²) in [5, 5.41) is 3.62. The van der Waals surface area contributed by atoms with E-state index < -0.39 is 0 Å². The molecule has 0 heterocycles. The lowest BCUT2D eigenvalue weighted by molar-refractivity contribution is -0.120. The quantitative estimate of drug-likeness (QED) is 0.811. The van der Waals surface area contributed by atoms with Crippen LogP contribution in [-0.4, -0.2) is 5.91 Å². The SMILES string of the molecule is O=C(Nc1ccc(Cl)c(Br)c1)C1CCc2ccccc2C1. The Kier molecular flexibility index (Phi) is 4.32. The lowest BCUT2D eigenvalue weighted by Crippen LogP contribution is -2.28. The number of carbonyl (C=O) groups is 1. The van der Waals surface area contributed by atoms with Crippen molar-refractivity contribution in [1.82, 2.24) is 0 Å². The van der Waals surface area contributed by atoms with Crippen LogP contribution in [0.3, 0.4) is 0 Å². The lowest BCUT2D eigenvalue weighted by atomic mass is 9.83. The van der Waals surface area contributed by atoms with E-state index in [2.05, 4.69) is 39.4 Å². The van der Waals surface area contributed by atoms with Crippen LogP contribution in [0.2, 0.25) is 5.02 Å². The van der Waals surface area contributed by atoms with Gasteiger partial charge in [-0.05, 0) is 64.5 Å². The average Bonchev–Trinajstić information content (AvgIpc) is 2.50. The molecule has 1 N–H and O–H groups in total. The van der Waals surface area contributed by atoms with E-state index >= 15 is 0 Å². The zero-order valence-corrected chi connectivity index (χ0v) is 13.7. The average molecular weight is 365 g/mol. The molecule has 1 atom stereocenters. The Morgan fingerprint density at radius 3 is 2.71 bits per heavy atom. The highest BCUT2D eigenvalue weighted by Crippen LogP contribution is 2.28. The third-order valence-electron chi connectivity index (χ3n) is 3.90. The van der Waals surface area contributed by atoms with Gasteiger partial charge in [-0.25, -0.2) is 0 Å². The minimum atomic E-state index is 0.0364. The molecule has 1 aliphatic rings. The van der Waals surface area contributed by atoms with Gasteiger partial charge in [-0.2, -0.15) is 0 Å². The van der Waals surface area contributed by atoms with Crippen molar-refractivity contribution in [2.75, 3.05) is 5.32 Å². The molecular formula is C17H15BrClNO. The van der Waals surface area contributed by atoms with Crippen LogP contribution >= 0.6 is 27.5 Å². The maximum Gasteiger partial charge on any atom is 0.227 e. The summed E-state index contributed by atoms with van der Waals surface area (Å²) in [6.45, 7) is 0. The van der Waals surface area contributed by atoms with E-state index in [1.807, 2.05) is 18.2 Å². The predicted octanol–water partition coefficient (Wildman–Crippen LogP) is 4.85. The third kappa shape index (κ3) is 3.30. The number of amides is 1. The van der Waals surface area contributed by atoms with Crippen LogP contribution in [0.15, 0.2) is 46.9 Å². The Morgan fingerprint density at radius 2 is 1.95 bits per heavy atom. The first-order valence-electron chi connectivity index (χ1n) is 6.96. The number of aryl methyl sites for hydroxylation is 1. The molecule has 0 radical (unpaired) electrons. The standard InChI is InChI=1S/C17H15BrClNO/c18-15-10-14(7-8-16(15)19)20-17(21)13-6-5-11-3-1-2-4-12(11)9-13/h1-4,7-8,10,13H,5-6,9H2,(H,20,21). The summed E-state index contributed by atoms with van der Waals surface area (Å²) in [6, 6.07) is 13.8. The second kappa shape index (κ2) is 6.20. The Bertz CT molecular complexity index is 686. The highest BCUT2D eigenvalue weighted by Gasteiger charge is 2.24. The molecule has 3 rings (SSSR count). The number of nitrogens with one attached hydrogen (secondary N) is 1. The van der Waals surface area contributed by atoms with Gasteiger partial charge >= 0.3 is 0 Å². The summed E-state index contributed by atoms with van der Waals surface area (Å²) < 4.78 is 0.788. The predicted molar refractivity (Wildman–Crippen MR) is 89.7 cm³/mol. The molecule has 0 saturated heterocycles. The molecule has 0 bridgehead atoms. The molecule has 2 nitrogen and oxygen atoms in total. The number of rotatable bonds is 2. The fourth-order valence-electron chi connectivity index (χ4n) is 2.74. The van der Waals surface area contributed by atoms with Crippen molar-refractivity contribution in [2.45, 2.75) is 19.3 Å². The van der Waals surface area contributed by atoms with Gasteiger partial charge in [0.2, 0.25) is 5.91 Å². The smallest absolute Gasteiger partial charge is 0.227 e. The summed E-state index contributed by atoms with van der Waals surface area (Å²) in [5.74, 6) is 0.119. The van der Waals surface area contributed by atoms with Gasteiger partial charge in [-0.1, -0.05) is 35.9 Å². The van der Waals surface area contributed by atoms with E-state index in [-0.39, 0.29) is 11.8 Å². The Hall–Kier alpha value is -1.32. The van der Waals surface area contributed by atoms with Gasteiger partial charge in [0.05, 0.1) is 5.02 Å². The largest absolute Gasteiger partial charge is 0.326 e. The fourth-order valence-corrected chi connectivity index (χ4v) is 3.24. The summed E-state index contributed by atoms with van der Waals surface area (Å²) in [4.78, 5) is 12.4. The van der Waals surface area contributed by atoms with Crippen LogP contribution in [0, 0.1) is 5.92 Å². The second-order valence-electron chi connectivity index (χ2n) is 5.33. The molecule has 2 aromatic rings. The van der Waals surface area contributed by atoms with Crippen LogP contribution in [0.1, 0.15) is 17.5 Å². The molecule has 1 amide bonds. The number of benzene rings is 2. The highest BCUT2D eigenvalue weighted by molar-refractivity contribution is 9.10. The van der Waals surface area contributed by atoms with E-state index in [1.54, 1.807) is 6.07 Å². The zero-order chi connectivity index (χ0) is 14.8. The molecule has 0 saturated carbocycles. The Balaban J connectivity index is 1.70. The maximum absolute atomic E-state index is 12.4. The van der Waals surface area contributed by atoms with Gasteiger partial charge in [0.25, 0.3) is 0 Å². The van der Waals surface area contributed by atoms with Crippen LogP contribution in [-0.2, 0) is 17.6 Å². The zero-order valence-electron chi connectivity index (χ0n) is 11.4. The van der Waals surface area contributed by atoms with Crippen molar-refractivity contribution in [3.8, 4) is 0 Å². The highest BCUT2D eigenvalue weighted by atomic mass is 79.9. The van der Waals surface area contributed by atoms with Gasteiger partial charge in [-0.3, -0.25) is 4.79 Å². The minimum Gasteiger partial charge on any atom is -0.326 e. The summed E-state index contributed by atoms with van der Waals surface area (Å²) in [7, 11) is 0. The van der Waals surface area contributed by atoms with E-state index in [0.717, 1.165) is 29.4 Å². The van der Waals surface area contributed by atoms with Gasteiger partial charge in [-0.15, -0.1) is 0 Å². The number of halogens is 2. The van der Waals surface area contributed by atoms with Crippen molar-refractivity contribution >= 4 is 39.1 Å². The first-order chi connectivity index (χ1) is 10.1. The molecule has 1 unspecified atom stereocenters.